The Morgan fingerprint density at radius 2 is 1.75 bits per heavy atom. The number of carbonyl (C=O) groups is 1. The third kappa shape index (κ3) is 3.90. The van der Waals surface area contributed by atoms with Crippen LogP contribution in [0.2, 0.25) is 0 Å². The Morgan fingerprint density at radius 3 is 2.44 bits per heavy atom. The number of amides is 1. The van der Waals surface area contributed by atoms with Gasteiger partial charge in [0.1, 0.15) is 12.1 Å². The van der Waals surface area contributed by atoms with Gasteiger partial charge in [0, 0.05) is 35.1 Å². The van der Waals surface area contributed by atoms with Gasteiger partial charge in [0.05, 0.1) is 11.1 Å². The van der Waals surface area contributed by atoms with E-state index in [0.29, 0.717) is 29.7 Å². The first-order valence-corrected chi connectivity index (χ1v) is 11.7. The molecule has 0 saturated carbocycles. The molecule has 0 radical (unpaired) electrons. The number of carbonyl (C=O) groups excluding carboxylic acids is 1. The number of sulfonamides is 1. The van der Waals surface area contributed by atoms with E-state index in [2.05, 4.69) is 15.4 Å². The molecular weight excluding hydrogens is 430 g/mol. The van der Waals surface area contributed by atoms with Crippen LogP contribution in [0.1, 0.15) is 13.8 Å². The fourth-order valence-corrected chi connectivity index (χ4v) is 5.11. The lowest BCUT2D eigenvalue weighted by Crippen LogP contribution is -2.30. The lowest BCUT2D eigenvalue weighted by atomic mass is 10.2. The fourth-order valence-electron chi connectivity index (χ4n) is 3.65. The van der Waals surface area contributed by atoms with Gasteiger partial charge in [0.25, 0.3) is 5.56 Å². The first-order chi connectivity index (χ1) is 15.3. The number of hydrogen-bond acceptors (Lipinski definition) is 5. The van der Waals surface area contributed by atoms with Gasteiger partial charge in [-0.3, -0.25) is 9.59 Å². The van der Waals surface area contributed by atoms with Crippen LogP contribution in [0.15, 0.2) is 64.4 Å². The summed E-state index contributed by atoms with van der Waals surface area (Å²) in [6.07, 6.45) is 1.57. The number of hydrogen-bond donors (Lipinski definition) is 2. The Labute approximate surface area is 184 Å². The van der Waals surface area contributed by atoms with E-state index in [9.17, 15) is 18.0 Å². The summed E-state index contributed by atoms with van der Waals surface area (Å²) in [4.78, 5) is 28.5. The number of fused-ring (bicyclic) bond motifs is 3. The van der Waals surface area contributed by atoms with E-state index < -0.39 is 21.5 Å². The summed E-state index contributed by atoms with van der Waals surface area (Å²) in [7, 11) is -3.57. The van der Waals surface area contributed by atoms with Gasteiger partial charge >= 0.3 is 0 Å². The zero-order valence-electron chi connectivity index (χ0n) is 17.7. The maximum Gasteiger partial charge on any atom is 0.291 e. The van der Waals surface area contributed by atoms with Gasteiger partial charge in [-0.15, -0.1) is 0 Å². The predicted octanol–water partition coefficient (Wildman–Crippen LogP) is 2.55. The van der Waals surface area contributed by atoms with Gasteiger partial charge in [-0.05, 0) is 30.3 Å². The molecule has 2 aromatic carbocycles. The highest BCUT2D eigenvalue weighted by Crippen LogP contribution is 2.22. The third-order valence-electron chi connectivity index (χ3n) is 5.30. The Bertz CT molecular complexity index is 1450. The summed E-state index contributed by atoms with van der Waals surface area (Å²) in [5.41, 5.74) is 1.24. The summed E-state index contributed by atoms with van der Waals surface area (Å²) in [5.74, 6) is -0.450. The molecule has 0 fully saturated rings. The maximum absolute atomic E-state index is 12.8. The number of rotatable bonds is 7. The van der Waals surface area contributed by atoms with E-state index in [1.807, 2.05) is 24.3 Å². The van der Waals surface area contributed by atoms with Crippen molar-refractivity contribution in [2.45, 2.75) is 25.3 Å². The van der Waals surface area contributed by atoms with E-state index in [4.69, 9.17) is 0 Å². The van der Waals surface area contributed by atoms with Crippen molar-refractivity contribution in [2.24, 2.45) is 0 Å². The monoisotopic (exact) mass is 453 g/mol. The minimum atomic E-state index is -3.57. The van der Waals surface area contributed by atoms with E-state index in [-0.39, 0.29) is 11.4 Å². The molecule has 4 rings (SSSR count). The van der Waals surface area contributed by atoms with Crippen molar-refractivity contribution in [3.63, 3.8) is 0 Å². The Morgan fingerprint density at radius 1 is 1.06 bits per heavy atom. The average molecular weight is 454 g/mol. The molecular formula is C22H23N5O4S. The van der Waals surface area contributed by atoms with Crippen molar-refractivity contribution < 1.29 is 13.2 Å². The second-order valence-corrected chi connectivity index (χ2v) is 9.17. The summed E-state index contributed by atoms with van der Waals surface area (Å²) < 4.78 is 27.6. The second-order valence-electron chi connectivity index (χ2n) is 7.23. The second kappa shape index (κ2) is 8.56. The number of H-pyrrole nitrogens is 1. The number of para-hydroxylation sites is 1. The molecule has 0 atom stereocenters. The van der Waals surface area contributed by atoms with Crippen molar-refractivity contribution in [3.8, 4) is 0 Å². The molecule has 2 heterocycles. The standard InChI is InChI=1S/C22H23N5O4S/c1-3-26(4-2)32(30,31)16-11-9-15(10-12-16)24-20(28)14-27-22(29)21-18(13-23-27)17-7-5-6-8-19(17)25-21/h5-13,25H,3-4,14H2,1-2H3,(H,24,28). The number of benzene rings is 2. The van der Waals surface area contributed by atoms with Crippen LogP contribution in [0, 0.1) is 0 Å². The van der Waals surface area contributed by atoms with Gasteiger partial charge in [0.15, 0.2) is 0 Å². The maximum atomic E-state index is 12.8. The highest BCUT2D eigenvalue weighted by atomic mass is 32.2. The van der Waals surface area contributed by atoms with Gasteiger partial charge in [-0.25, -0.2) is 13.1 Å². The van der Waals surface area contributed by atoms with E-state index in [1.54, 1.807) is 20.0 Å². The third-order valence-corrected chi connectivity index (χ3v) is 7.36. The molecule has 4 aromatic rings. The van der Waals surface area contributed by atoms with Crippen LogP contribution in [0.5, 0.6) is 0 Å². The molecule has 0 unspecified atom stereocenters. The van der Waals surface area contributed by atoms with Crippen molar-refractivity contribution >= 4 is 43.4 Å². The van der Waals surface area contributed by atoms with Crippen LogP contribution in [0.4, 0.5) is 5.69 Å². The molecule has 0 aliphatic heterocycles. The van der Waals surface area contributed by atoms with Crippen molar-refractivity contribution in [1.82, 2.24) is 19.1 Å². The van der Waals surface area contributed by atoms with Gasteiger partial charge in [0.2, 0.25) is 15.9 Å². The van der Waals surface area contributed by atoms with Crippen LogP contribution < -0.4 is 10.9 Å². The average Bonchev–Trinajstić information content (AvgIpc) is 3.16. The first-order valence-electron chi connectivity index (χ1n) is 10.2. The number of nitrogens with zero attached hydrogens (tertiary/aromatic N) is 3. The lowest BCUT2D eigenvalue weighted by molar-refractivity contribution is -0.117. The minimum absolute atomic E-state index is 0.154. The molecule has 10 heteroatoms. The summed E-state index contributed by atoms with van der Waals surface area (Å²) in [6.45, 7) is 4.03. The predicted molar refractivity (Wildman–Crippen MR) is 123 cm³/mol. The molecule has 1 amide bonds. The summed E-state index contributed by atoms with van der Waals surface area (Å²) >= 11 is 0. The topological polar surface area (TPSA) is 117 Å². The van der Waals surface area contributed by atoms with Crippen LogP contribution in [-0.4, -0.2) is 46.5 Å². The number of nitrogens with one attached hydrogen (secondary N) is 2. The molecule has 0 aliphatic rings. The molecule has 166 valence electrons. The summed E-state index contributed by atoms with van der Waals surface area (Å²) in [5, 5.41) is 8.40. The molecule has 2 N–H and O–H groups in total. The fraction of sp³-hybridized carbons (Fsp3) is 0.227. The number of aromatic nitrogens is 3. The van der Waals surface area contributed by atoms with E-state index >= 15 is 0 Å². The Hall–Kier alpha value is -3.50. The molecule has 2 aromatic heterocycles. The van der Waals surface area contributed by atoms with Crippen LogP contribution in [-0.2, 0) is 21.4 Å². The van der Waals surface area contributed by atoms with E-state index in [0.717, 1.165) is 15.6 Å². The molecule has 32 heavy (non-hydrogen) atoms. The van der Waals surface area contributed by atoms with Gasteiger partial charge in [-0.2, -0.15) is 9.40 Å². The van der Waals surface area contributed by atoms with Crippen molar-refractivity contribution in [3.05, 3.63) is 65.1 Å². The van der Waals surface area contributed by atoms with Crippen LogP contribution in [0.3, 0.4) is 0 Å². The van der Waals surface area contributed by atoms with Crippen LogP contribution in [0.25, 0.3) is 21.8 Å². The molecule has 0 saturated heterocycles. The minimum Gasteiger partial charge on any atom is -0.350 e. The SMILES string of the molecule is CCN(CC)S(=O)(=O)c1ccc(NC(=O)Cn2ncc3c([nH]c4ccccc43)c2=O)cc1. The van der Waals surface area contributed by atoms with Crippen molar-refractivity contribution in [1.29, 1.82) is 0 Å². The largest absolute Gasteiger partial charge is 0.350 e. The lowest BCUT2D eigenvalue weighted by Gasteiger charge is -2.18. The summed E-state index contributed by atoms with van der Waals surface area (Å²) in [6, 6.07) is 13.5. The highest BCUT2D eigenvalue weighted by Gasteiger charge is 2.21. The first kappa shape index (κ1) is 21.7. The van der Waals surface area contributed by atoms with Crippen molar-refractivity contribution in [2.75, 3.05) is 18.4 Å². The normalized spacial score (nSPS) is 12.0. The zero-order chi connectivity index (χ0) is 22.9. The Kier molecular flexibility index (Phi) is 5.81. The molecule has 0 spiro atoms. The van der Waals surface area contributed by atoms with Gasteiger partial charge in [-0.1, -0.05) is 32.0 Å². The molecule has 9 nitrogen and oxygen atoms in total. The van der Waals surface area contributed by atoms with E-state index in [1.165, 1.54) is 28.6 Å². The molecule has 0 bridgehead atoms. The molecule has 0 aliphatic carbocycles. The number of anilines is 1. The van der Waals surface area contributed by atoms with Gasteiger partial charge < -0.3 is 10.3 Å². The smallest absolute Gasteiger partial charge is 0.291 e. The van der Waals surface area contributed by atoms with Crippen LogP contribution >= 0.6 is 0 Å². The quantitative estimate of drug-likeness (QED) is 0.446. The zero-order valence-corrected chi connectivity index (χ0v) is 18.5. The Balaban J connectivity index is 1.51. The highest BCUT2D eigenvalue weighted by molar-refractivity contribution is 7.89. The number of aromatic amines is 1.